The SMILES string of the molecule is CC(C)(c1ccc(Cl)c(Cl)c1)c1cnc(SCc2ccc(F)c(C(=O)O)c2)n1-c1ccc(F)cc1. The number of hydrogen-bond acceptors (Lipinski definition) is 3. The molecule has 0 atom stereocenters. The van der Waals surface area contributed by atoms with Crippen LogP contribution >= 0.6 is 35.0 Å². The fourth-order valence-electron chi connectivity index (χ4n) is 3.72. The molecule has 0 fully saturated rings. The van der Waals surface area contributed by atoms with Gasteiger partial charge < -0.3 is 5.11 Å². The first-order valence-electron chi connectivity index (χ1n) is 10.5. The average Bonchev–Trinajstić information content (AvgIpc) is 3.25. The number of halogens is 4. The number of carboxylic acid groups (broad SMARTS) is 1. The summed E-state index contributed by atoms with van der Waals surface area (Å²) in [6.45, 7) is 4.05. The van der Waals surface area contributed by atoms with Crippen molar-refractivity contribution in [3.63, 3.8) is 0 Å². The number of nitrogens with zero attached hydrogens (tertiary/aromatic N) is 2. The molecule has 0 bridgehead atoms. The summed E-state index contributed by atoms with van der Waals surface area (Å²) in [7, 11) is 0. The van der Waals surface area contributed by atoms with Crippen molar-refractivity contribution >= 4 is 40.9 Å². The maximum Gasteiger partial charge on any atom is 0.338 e. The standard InChI is InChI=1S/C26H20Cl2F2N2O2S/c1-26(2,16-4-9-20(27)21(28)12-16)23-13-31-25(32(23)18-7-5-17(29)6-8-18)35-14-15-3-10-22(30)19(11-15)24(33)34/h3-13H,14H2,1-2H3,(H,33,34). The molecule has 1 heterocycles. The van der Waals surface area contributed by atoms with Crippen LogP contribution in [0, 0.1) is 11.6 Å². The number of rotatable bonds is 7. The zero-order valence-corrected chi connectivity index (χ0v) is 21.1. The molecule has 4 rings (SSSR count). The van der Waals surface area contributed by atoms with E-state index >= 15 is 0 Å². The molecular formula is C26H20Cl2F2N2O2S. The molecule has 0 unspecified atom stereocenters. The number of aromatic nitrogens is 2. The van der Waals surface area contributed by atoms with Gasteiger partial charge in [0.1, 0.15) is 11.6 Å². The second-order valence-corrected chi connectivity index (χ2v) is 10.2. The van der Waals surface area contributed by atoms with Crippen LogP contribution in [0.15, 0.2) is 72.0 Å². The number of carboxylic acids is 1. The molecule has 0 radical (unpaired) electrons. The number of aromatic carboxylic acids is 1. The van der Waals surface area contributed by atoms with E-state index in [2.05, 4.69) is 4.98 Å². The molecule has 0 saturated heterocycles. The Balaban J connectivity index is 1.76. The molecule has 35 heavy (non-hydrogen) atoms. The lowest BCUT2D eigenvalue weighted by atomic mass is 9.81. The zero-order chi connectivity index (χ0) is 25.3. The Morgan fingerprint density at radius 2 is 1.74 bits per heavy atom. The maximum atomic E-state index is 13.8. The molecule has 4 aromatic rings. The van der Waals surface area contributed by atoms with E-state index in [1.165, 1.54) is 30.0 Å². The lowest BCUT2D eigenvalue weighted by molar-refractivity contribution is 0.0691. The first-order chi connectivity index (χ1) is 16.6. The molecule has 0 aliphatic rings. The van der Waals surface area contributed by atoms with Gasteiger partial charge in [-0.05, 0) is 59.7 Å². The normalized spacial score (nSPS) is 11.6. The van der Waals surface area contributed by atoms with Crippen molar-refractivity contribution in [1.82, 2.24) is 9.55 Å². The molecule has 1 aromatic heterocycles. The highest BCUT2D eigenvalue weighted by atomic mass is 35.5. The topological polar surface area (TPSA) is 55.1 Å². The first kappa shape index (κ1) is 25.2. The molecular weight excluding hydrogens is 513 g/mol. The van der Waals surface area contributed by atoms with E-state index in [1.807, 2.05) is 30.5 Å². The molecule has 4 nitrogen and oxygen atoms in total. The third-order valence-electron chi connectivity index (χ3n) is 5.73. The lowest BCUT2D eigenvalue weighted by Crippen LogP contribution is -2.23. The fraction of sp³-hybridized carbons (Fsp3) is 0.154. The summed E-state index contributed by atoms with van der Waals surface area (Å²) in [4.78, 5) is 15.9. The van der Waals surface area contributed by atoms with Crippen LogP contribution in [0.4, 0.5) is 8.78 Å². The van der Waals surface area contributed by atoms with Gasteiger partial charge in [-0.1, -0.05) is 60.9 Å². The third-order valence-corrected chi connectivity index (χ3v) is 7.49. The quantitative estimate of drug-likeness (QED) is 0.247. The van der Waals surface area contributed by atoms with E-state index in [4.69, 9.17) is 23.2 Å². The second kappa shape index (κ2) is 10.0. The summed E-state index contributed by atoms with van der Waals surface area (Å²) in [6, 6.07) is 15.5. The number of imidazole rings is 1. The minimum Gasteiger partial charge on any atom is -0.478 e. The van der Waals surface area contributed by atoms with Gasteiger partial charge in [0.25, 0.3) is 0 Å². The van der Waals surface area contributed by atoms with E-state index in [1.54, 1.807) is 30.5 Å². The Hall–Kier alpha value is -2.87. The van der Waals surface area contributed by atoms with Crippen molar-refractivity contribution in [2.45, 2.75) is 30.2 Å². The number of benzene rings is 3. The van der Waals surface area contributed by atoms with Crippen molar-refractivity contribution in [3.05, 3.63) is 111 Å². The van der Waals surface area contributed by atoms with Crippen LogP contribution in [-0.2, 0) is 11.2 Å². The van der Waals surface area contributed by atoms with Crippen LogP contribution in [0.3, 0.4) is 0 Å². The number of carbonyl (C=O) groups is 1. The Labute approximate surface area is 215 Å². The van der Waals surface area contributed by atoms with Crippen molar-refractivity contribution in [3.8, 4) is 5.69 Å². The molecule has 0 saturated carbocycles. The highest BCUT2D eigenvalue weighted by Crippen LogP contribution is 2.38. The van der Waals surface area contributed by atoms with Gasteiger partial charge in [-0.2, -0.15) is 0 Å². The Kier molecular flexibility index (Phi) is 7.22. The highest BCUT2D eigenvalue weighted by Gasteiger charge is 2.30. The summed E-state index contributed by atoms with van der Waals surface area (Å²) in [6.07, 6.45) is 1.75. The summed E-state index contributed by atoms with van der Waals surface area (Å²) in [5.74, 6) is -2.12. The van der Waals surface area contributed by atoms with Crippen LogP contribution in [-0.4, -0.2) is 20.6 Å². The van der Waals surface area contributed by atoms with Crippen LogP contribution in [0.5, 0.6) is 0 Å². The van der Waals surface area contributed by atoms with Crippen LogP contribution < -0.4 is 0 Å². The first-order valence-corrected chi connectivity index (χ1v) is 12.3. The second-order valence-electron chi connectivity index (χ2n) is 8.40. The molecule has 0 spiro atoms. The van der Waals surface area contributed by atoms with Crippen molar-refractivity contribution in [2.75, 3.05) is 0 Å². The predicted octanol–water partition coefficient (Wildman–Crippen LogP) is 7.77. The van der Waals surface area contributed by atoms with Gasteiger partial charge in [-0.25, -0.2) is 18.6 Å². The van der Waals surface area contributed by atoms with Crippen molar-refractivity contribution < 1.29 is 18.7 Å². The fourth-order valence-corrected chi connectivity index (χ4v) is 4.96. The lowest BCUT2D eigenvalue weighted by Gasteiger charge is -2.28. The number of hydrogen-bond donors (Lipinski definition) is 1. The summed E-state index contributed by atoms with van der Waals surface area (Å²) >= 11 is 13.8. The highest BCUT2D eigenvalue weighted by molar-refractivity contribution is 7.98. The number of thioether (sulfide) groups is 1. The van der Waals surface area contributed by atoms with Gasteiger partial charge in [0.15, 0.2) is 5.16 Å². The predicted molar refractivity (Wildman–Crippen MR) is 135 cm³/mol. The van der Waals surface area contributed by atoms with Gasteiger partial charge in [0.2, 0.25) is 0 Å². The van der Waals surface area contributed by atoms with Crippen molar-refractivity contribution in [2.24, 2.45) is 0 Å². The molecule has 9 heteroatoms. The van der Waals surface area contributed by atoms with E-state index in [0.29, 0.717) is 32.2 Å². The molecule has 0 aliphatic carbocycles. The minimum atomic E-state index is -1.33. The largest absolute Gasteiger partial charge is 0.478 e. The van der Waals surface area contributed by atoms with Gasteiger partial charge in [-0.3, -0.25) is 4.57 Å². The van der Waals surface area contributed by atoms with Crippen LogP contribution in [0.1, 0.15) is 41.0 Å². The van der Waals surface area contributed by atoms with Gasteiger partial charge in [0.05, 0.1) is 27.5 Å². The Morgan fingerprint density at radius 1 is 1.03 bits per heavy atom. The maximum absolute atomic E-state index is 13.8. The monoisotopic (exact) mass is 532 g/mol. The van der Waals surface area contributed by atoms with Crippen molar-refractivity contribution in [1.29, 1.82) is 0 Å². The van der Waals surface area contributed by atoms with Gasteiger partial charge in [0, 0.05) is 16.9 Å². The van der Waals surface area contributed by atoms with E-state index in [-0.39, 0.29) is 11.4 Å². The molecule has 0 amide bonds. The summed E-state index contributed by atoms with van der Waals surface area (Å²) in [5, 5.41) is 10.7. The van der Waals surface area contributed by atoms with Gasteiger partial charge >= 0.3 is 5.97 Å². The summed E-state index contributed by atoms with van der Waals surface area (Å²) < 4.78 is 29.4. The smallest absolute Gasteiger partial charge is 0.338 e. The van der Waals surface area contributed by atoms with E-state index in [0.717, 1.165) is 17.3 Å². The molecule has 180 valence electrons. The van der Waals surface area contributed by atoms with E-state index < -0.39 is 17.2 Å². The van der Waals surface area contributed by atoms with Crippen LogP contribution in [0.25, 0.3) is 5.69 Å². The summed E-state index contributed by atoms with van der Waals surface area (Å²) in [5.41, 5.74) is 2.14. The third kappa shape index (κ3) is 5.22. The van der Waals surface area contributed by atoms with Crippen LogP contribution in [0.2, 0.25) is 10.0 Å². The molecule has 1 N–H and O–H groups in total. The Bertz CT molecular complexity index is 1410. The average molecular weight is 533 g/mol. The molecule has 0 aliphatic heterocycles. The minimum absolute atomic E-state index is 0.353. The van der Waals surface area contributed by atoms with Gasteiger partial charge in [-0.15, -0.1) is 0 Å². The Morgan fingerprint density at radius 3 is 2.40 bits per heavy atom. The van der Waals surface area contributed by atoms with E-state index in [9.17, 15) is 18.7 Å². The molecule has 3 aromatic carbocycles. The zero-order valence-electron chi connectivity index (χ0n) is 18.7.